The first-order valence-corrected chi connectivity index (χ1v) is 10.6. The van der Waals surface area contributed by atoms with Gasteiger partial charge in [0.1, 0.15) is 0 Å². The maximum Gasteiger partial charge on any atom is 0.221 e. The number of aromatic nitrogens is 1. The number of fused-ring (bicyclic) bond motifs is 1. The fourth-order valence-electron chi connectivity index (χ4n) is 4.02. The summed E-state index contributed by atoms with van der Waals surface area (Å²) in [6.07, 6.45) is 4.30. The van der Waals surface area contributed by atoms with Crippen LogP contribution < -0.4 is 5.32 Å². The van der Waals surface area contributed by atoms with Crippen LogP contribution in [0.1, 0.15) is 43.2 Å². The second kappa shape index (κ2) is 8.39. The molecule has 0 saturated carbocycles. The number of benzene rings is 2. The van der Waals surface area contributed by atoms with E-state index < -0.39 is 0 Å². The van der Waals surface area contributed by atoms with Gasteiger partial charge in [-0.15, -0.1) is 0 Å². The Bertz CT molecular complexity index is 1010. The highest BCUT2D eigenvalue weighted by atomic mass is 35.5. The van der Waals surface area contributed by atoms with E-state index in [1.165, 1.54) is 0 Å². The molecule has 2 heterocycles. The zero-order valence-corrected chi connectivity index (χ0v) is 17.8. The van der Waals surface area contributed by atoms with Crippen molar-refractivity contribution in [1.29, 1.82) is 0 Å². The van der Waals surface area contributed by atoms with Gasteiger partial charge in [0.2, 0.25) is 5.91 Å². The van der Waals surface area contributed by atoms with Crippen LogP contribution in [0.4, 0.5) is 0 Å². The van der Waals surface area contributed by atoms with E-state index >= 15 is 0 Å². The molecule has 0 radical (unpaired) electrons. The zero-order chi connectivity index (χ0) is 20.4. The molecule has 1 saturated heterocycles. The predicted octanol–water partition coefficient (Wildman–Crippen LogP) is 5.68. The van der Waals surface area contributed by atoms with Crippen molar-refractivity contribution in [2.45, 2.75) is 37.7 Å². The van der Waals surface area contributed by atoms with Crippen LogP contribution in [-0.2, 0) is 9.53 Å². The lowest BCUT2D eigenvalue weighted by Gasteiger charge is -2.24. The molecule has 152 valence electrons. The fourth-order valence-corrected chi connectivity index (χ4v) is 4.32. The molecule has 1 aromatic heterocycles. The summed E-state index contributed by atoms with van der Waals surface area (Å²) < 4.78 is 5.79. The van der Waals surface area contributed by atoms with Gasteiger partial charge in [0.25, 0.3) is 0 Å². The summed E-state index contributed by atoms with van der Waals surface area (Å²) in [6, 6.07) is 13.4. The molecule has 4 nitrogen and oxygen atoms in total. The van der Waals surface area contributed by atoms with Crippen molar-refractivity contribution in [1.82, 2.24) is 10.3 Å². The topological polar surface area (TPSA) is 54.1 Å². The number of rotatable bonds is 6. The summed E-state index contributed by atoms with van der Waals surface area (Å²) in [6.45, 7) is 3.34. The van der Waals surface area contributed by atoms with Gasteiger partial charge in [0, 0.05) is 52.6 Å². The lowest BCUT2D eigenvalue weighted by molar-refractivity contribution is -0.122. The van der Waals surface area contributed by atoms with Crippen LogP contribution in [0, 0.1) is 0 Å². The molecule has 1 aliphatic heterocycles. The lowest BCUT2D eigenvalue weighted by atomic mass is 9.88. The number of hydrogen-bond acceptors (Lipinski definition) is 2. The lowest BCUT2D eigenvalue weighted by Crippen LogP contribution is -2.40. The standard InChI is InChI=1S/C23H24Cl2N2O2/c1-23(9-2-10-29-23)14-27-22(28)12-18(15-3-5-16(24)6-4-15)20-13-26-21-8-7-17(25)11-19(20)21/h3-8,11,13,18,26H,2,9-10,12,14H2,1H3,(H,27,28)/t18-,23-/m0/s1. The van der Waals surface area contributed by atoms with E-state index in [9.17, 15) is 4.79 Å². The Morgan fingerprint density at radius 1 is 1.21 bits per heavy atom. The first-order valence-electron chi connectivity index (χ1n) is 9.86. The van der Waals surface area contributed by atoms with Gasteiger partial charge in [-0.1, -0.05) is 35.3 Å². The minimum absolute atomic E-state index is 0.00180. The van der Waals surface area contributed by atoms with Crippen molar-refractivity contribution in [3.8, 4) is 0 Å². The Morgan fingerprint density at radius 3 is 2.69 bits per heavy atom. The third kappa shape index (κ3) is 4.61. The molecular formula is C23H24Cl2N2O2. The van der Waals surface area contributed by atoms with Gasteiger partial charge >= 0.3 is 0 Å². The van der Waals surface area contributed by atoms with Gasteiger partial charge in [-0.2, -0.15) is 0 Å². The maximum atomic E-state index is 12.9. The Morgan fingerprint density at radius 2 is 1.97 bits per heavy atom. The van der Waals surface area contributed by atoms with Gasteiger partial charge in [-0.05, 0) is 61.2 Å². The first kappa shape index (κ1) is 20.3. The summed E-state index contributed by atoms with van der Waals surface area (Å²) >= 11 is 12.3. The molecule has 1 amide bonds. The summed E-state index contributed by atoms with van der Waals surface area (Å²) in [5.74, 6) is -0.116. The second-order valence-corrected chi connectivity index (χ2v) is 8.79. The van der Waals surface area contributed by atoms with Gasteiger partial charge in [0.05, 0.1) is 5.60 Å². The molecule has 2 aromatic carbocycles. The smallest absolute Gasteiger partial charge is 0.221 e. The van der Waals surface area contributed by atoms with Crippen LogP contribution in [0.3, 0.4) is 0 Å². The molecule has 6 heteroatoms. The van der Waals surface area contributed by atoms with Gasteiger partial charge in [0.15, 0.2) is 0 Å². The number of carbonyl (C=O) groups is 1. The largest absolute Gasteiger partial charge is 0.373 e. The van der Waals surface area contributed by atoms with Gasteiger partial charge in [-0.25, -0.2) is 0 Å². The molecule has 0 spiro atoms. The van der Waals surface area contributed by atoms with Crippen LogP contribution in [0.25, 0.3) is 10.9 Å². The van der Waals surface area contributed by atoms with E-state index in [-0.39, 0.29) is 17.4 Å². The number of nitrogens with one attached hydrogen (secondary N) is 2. The van der Waals surface area contributed by atoms with E-state index in [1.807, 2.05) is 48.7 Å². The molecule has 2 N–H and O–H groups in total. The highest BCUT2D eigenvalue weighted by Gasteiger charge is 2.30. The van der Waals surface area contributed by atoms with Crippen LogP contribution in [0.5, 0.6) is 0 Å². The number of ether oxygens (including phenoxy) is 1. The van der Waals surface area contributed by atoms with E-state index in [1.54, 1.807) is 0 Å². The third-order valence-corrected chi connectivity index (χ3v) is 6.16. The van der Waals surface area contributed by atoms with E-state index in [2.05, 4.69) is 17.2 Å². The molecule has 29 heavy (non-hydrogen) atoms. The van der Waals surface area contributed by atoms with Gasteiger partial charge < -0.3 is 15.0 Å². The molecule has 3 aromatic rings. The van der Waals surface area contributed by atoms with Crippen molar-refractivity contribution in [2.75, 3.05) is 13.2 Å². The molecule has 2 atom stereocenters. The average Bonchev–Trinajstić information content (AvgIpc) is 3.32. The molecule has 4 rings (SSSR count). The normalized spacial score (nSPS) is 20.1. The van der Waals surface area contributed by atoms with Crippen molar-refractivity contribution in [3.63, 3.8) is 0 Å². The van der Waals surface area contributed by atoms with Crippen molar-refractivity contribution >= 4 is 40.0 Å². The molecule has 1 aliphatic rings. The Balaban J connectivity index is 1.61. The number of aromatic amines is 1. The number of carbonyl (C=O) groups excluding carboxylic acids is 1. The summed E-state index contributed by atoms with van der Waals surface area (Å²) in [5.41, 5.74) is 2.81. The Hall–Kier alpha value is -2.01. The number of halogens is 2. The van der Waals surface area contributed by atoms with E-state index in [0.717, 1.165) is 41.5 Å². The zero-order valence-electron chi connectivity index (χ0n) is 16.3. The molecule has 0 aliphatic carbocycles. The molecular weight excluding hydrogens is 407 g/mol. The summed E-state index contributed by atoms with van der Waals surface area (Å²) in [4.78, 5) is 16.2. The summed E-state index contributed by atoms with van der Waals surface area (Å²) in [7, 11) is 0. The third-order valence-electron chi connectivity index (χ3n) is 5.67. The van der Waals surface area contributed by atoms with Crippen molar-refractivity contribution < 1.29 is 9.53 Å². The maximum absolute atomic E-state index is 12.9. The first-order chi connectivity index (χ1) is 13.9. The molecule has 0 bridgehead atoms. The quantitative estimate of drug-likeness (QED) is 0.528. The van der Waals surface area contributed by atoms with Crippen molar-refractivity contribution in [2.24, 2.45) is 0 Å². The van der Waals surface area contributed by atoms with Gasteiger partial charge in [-0.3, -0.25) is 4.79 Å². The molecule has 1 fully saturated rings. The Kier molecular flexibility index (Phi) is 5.86. The number of hydrogen-bond donors (Lipinski definition) is 2. The number of amides is 1. The Labute approximate surface area is 180 Å². The van der Waals surface area contributed by atoms with Crippen molar-refractivity contribution in [3.05, 3.63) is 69.8 Å². The highest BCUT2D eigenvalue weighted by molar-refractivity contribution is 6.31. The minimum atomic E-state index is -0.264. The van der Waals surface area contributed by atoms with Crippen LogP contribution in [0.2, 0.25) is 10.0 Å². The average molecular weight is 431 g/mol. The summed E-state index contributed by atoms with van der Waals surface area (Å²) in [5, 5.41) is 5.44. The van der Waals surface area contributed by atoms with E-state index in [4.69, 9.17) is 27.9 Å². The van der Waals surface area contributed by atoms with Crippen LogP contribution in [-0.4, -0.2) is 29.6 Å². The molecule has 0 unspecified atom stereocenters. The fraction of sp³-hybridized carbons (Fsp3) is 0.348. The number of H-pyrrole nitrogens is 1. The minimum Gasteiger partial charge on any atom is -0.373 e. The monoisotopic (exact) mass is 430 g/mol. The SMILES string of the molecule is C[C@@]1(CNC(=O)C[C@@H](c2ccc(Cl)cc2)c2c[nH]c3ccc(Cl)cc23)CCCO1. The van der Waals surface area contributed by atoms with Crippen LogP contribution in [0.15, 0.2) is 48.7 Å². The second-order valence-electron chi connectivity index (χ2n) is 7.92. The van der Waals surface area contributed by atoms with Crippen LogP contribution >= 0.6 is 23.2 Å². The highest BCUT2D eigenvalue weighted by Crippen LogP contribution is 2.35. The predicted molar refractivity (Wildman–Crippen MR) is 118 cm³/mol. The van der Waals surface area contributed by atoms with E-state index in [0.29, 0.717) is 23.0 Å².